The van der Waals surface area contributed by atoms with Crippen LogP contribution in [0.4, 0.5) is 14.5 Å². The Balaban J connectivity index is 1.61. The van der Waals surface area contributed by atoms with Crippen molar-refractivity contribution >= 4 is 40.4 Å². The molecule has 3 rings (SSSR count). The predicted molar refractivity (Wildman–Crippen MR) is 102 cm³/mol. The second-order valence-corrected chi connectivity index (χ2v) is 7.43. The zero-order valence-electron chi connectivity index (χ0n) is 14.0. The SMILES string of the molecule is C[C@]1(CCC(=S)NCc2ccc(F)c(F)c2)C(=O)Nc2cc(Cl)ccc21. The van der Waals surface area contributed by atoms with Gasteiger partial charge in [0.05, 0.1) is 10.4 Å². The smallest absolute Gasteiger partial charge is 0.234 e. The fraction of sp³-hybridized carbons (Fsp3) is 0.263. The lowest BCUT2D eigenvalue weighted by Crippen LogP contribution is -2.33. The predicted octanol–water partition coefficient (Wildman–Crippen LogP) is 4.73. The van der Waals surface area contributed by atoms with Gasteiger partial charge in [0.2, 0.25) is 5.91 Å². The van der Waals surface area contributed by atoms with E-state index in [0.29, 0.717) is 35.0 Å². The number of carbonyl (C=O) groups is 1. The molecule has 0 spiro atoms. The molecule has 0 fully saturated rings. The van der Waals surface area contributed by atoms with Crippen LogP contribution in [0.2, 0.25) is 5.02 Å². The van der Waals surface area contributed by atoms with E-state index in [9.17, 15) is 13.6 Å². The summed E-state index contributed by atoms with van der Waals surface area (Å²) in [6.07, 6.45) is 1.02. The summed E-state index contributed by atoms with van der Waals surface area (Å²) in [5, 5.41) is 6.45. The molecule has 26 heavy (non-hydrogen) atoms. The lowest BCUT2D eigenvalue weighted by atomic mass is 9.79. The van der Waals surface area contributed by atoms with Gasteiger partial charge in [-0.25, -0.2) is 8.78 Å². The molecule has 0 radical (unpaired) electrons. The quantitative estimate of drug-likeness (QED) is 0.720. The number of hydrogen-bond acceptors (Lipinski definition) is 2. The first-order valence-electron chi connectivity index (χ1n) is 8.12. The van der Waals surface area contributed by atoms with Crippen molar-refractivity contribution in [3.63, 3.8) is 0 Å². The number of rotatable bonds is 5. The molecule has 7 heteroatoms. The maximum atomic E-state index is 13.2. The maximum Gasteiger partial charge on any atom is 0.234 e. The molecule has 3 nitrogen and oxygen atoms in total. The molecule has 0 saturated heterocycles. The molecule has 2 N–H and O–H groups in total. The Kier molecular flexibility index (Phi) is 5.25. The minimum atomic E-state index is -0.888. The van der Waals surface area contributed by atoms with Crippen molar-refractivity contribution < 1.29 is 13.6 Å². The molecule has 0 unspecified atom stereocenters. The van der Waals surface area contributed by atoms with Gasteiger partial charge in [0, 0.05) is 17.3 Å². The molecule has 1 heterocycles. The van der Waals surface area contributed by atoms with Crippen molar-refractivity contribution in [1.29, 1.82) is 0 Å². The molecule has 0 aromatic heterocycles. The highest BCUT2D eigenvalue weighted by atomic mass is 35.5. The normalized spacial score (nSPS) is 18.4. The van der Waals surface area contributed by atoms with E-state index in [4.69, 9.17) is 23.8 Å². The zero-order valence-corrected chi connectivity index (χ0v) is 15.6. The van der Waals surface area contributed by atoms with Crippen LogP contribution in [0.5, 0.6) is 0 Å². The summed E-state index contributed by atoms with van der Waals surface area (Å²) >= 11 is 11.3. The van der Waals surface area contributed by atoms with E-state index in [1.165, 1.54) is 6.07 Å². The van der Waals surface area contributed by atoms with E-state index in [0.717, 1.165) is 23.4 Å². The molecular formula is C19H17ClF2N2OS. The largest absolute Gasteiger partial charge is 0.376 e. The van der Waals surface area contributed by atoms with Crippen molar-refractivity contribution in [3.05, 3.63) is 64.2 Å². The first-order valence-corrected chi connectivity index (χ1v) is 8.90. The number of amides is 1. The van der Waals surface area contributed by atoms with Crippen molar-refractivity contribution in [2.24, 2.45) is 0 Å². The Morgan fingerprint density at radius 3 is 2.73 bits per heavy atom. The average Bonchev–Trinajstić information content (AvgIpc) is 2.84. The summed E-state index contributed by atoms with van der Waals surface area (Å²) in [6.45, 7) is 2.17. The zero-order chi connectivity index (χ0) is 18.9. The fourth-order valence-corrected chi connectivity index (χ4v) is 3.38. The Morgan fingerprint density at radius 1 is 1.23 bits per heavy atom. The molecular weight excluding hydrogens is 378 g/mol. The van der Waals surface area contributed by atoms with Crippen LogP contribution in [0.3, 0.4) is 0 Å². The summed E-state index contributed by atoms with van der Waals surface area (Å²) < 4.78 is 26.2. The molecule has 1 amide bonds. The first kappa shape index (κ1) is 18.7. The van der Waals surface area contributed by atoms with Crippen LogP contribution in [0.25, 0.3) is 0 Å². The van der Waals surface area contributed by atoms with Gasteiger partial charge in [-0.2, -0.15) is 0 Å². The second-order valence-electron chi connectivity index (χ2n) is 6.50. The van der Waals surface area contributed by atoms with Gasteiger partial charge >= 0.3 is 0 Å². The molecule has 0 aliphatic carbocycles. The first-order chi connectivity index (χ1) is 12.3. The summed E-state index contributed by atoms with van der Waals surface area (Å²) in [5.74, 6) is -1.85. The van der Waals surface area contributed by atoms with Gasteiger partial charge in [0.15, 0.2) is 11.6 Å². The summed E-state index contributed by atoms with van der Waals surface area (Å²) in [5.41, 5.74) is 1.53. The van der Waals surface area contributed by atoms with Gasteiger partial charge < -0.3 is 10.6 Å². The Labute approximate surface area is 160 Å². The van der Waals surface area contributed by atoms with E-state index in [1.54, 1.807) is 12.1 Å². The van der Waals surface area contributed by atoms with Gasteiger partial charge in [-0.1, -0.05) is 36.0 Å². The van der Waals surface area contributed by atoms with E-state index in [2.05, 4.69) is 10.6 Å². The molecule has 136 valence electrons. The Morgan fingerprint density at radius 2 is 2.00 bits per heavy atom. The highest BCUT2D eigenvalue weighted by molar-refractivity contribution is 7.80. The van der Waals surface area contributed by atoms with Crippen LogP contribution in [0, 0.1) is 11.6 Å². The second kappa shape index (κ2) is 7.29. The Hall–Kier alpha value is -2.05. The third-order valence-corrected chi connectivity index (χ3v) is 5.23. The molecule has 1 atom stereocenters. The van der Waals surface area contributed by atoms with Crippen LogP contribution >= 0.6 is 23.8 Å². The Bertz CT molecular complexity index is 890. The van der Waals surface area contributed by atoms with Crippen LogP contribution in [-0.4, -0.2) is 10.9 Å². The van der Waals surface area contributed by atoms with E-state index in [1.807, 2.05) is 13.0 Å². The average molecular weight is 395 g/mol. The fourth-order valence-electron chi connectivity index (χ4n) is 3.03. The number of hydrogen-bond donors (Lipinski definition) is 2. The van der Waals surface area contributed by atoms with Crippen molar-refractivity contribution in [1.82, 2.24) is 5.32 Å². The maximum absolute atomic E-state index is 13.2. The van der Waals surface area contributed by atoms with Gasteiger partial charge in [0.1, 0.15) is 0 Å². The van der Waals surface area contributed by atoms with E-state index in [-0.39, 0.29) is 5.91 Å². The summed E-state index contributed by atoms with van der Waals surface area (Å²) in [4.78, 5) is 13.0. The third kappa shape index (κ3) is 3.71. The molecule has 1 aliphatic rings. The van der Waals surface area contributed by atoms with Crippen molar-refractivity contribution in [2.75, 3.05) is 5.32 Å². The number of halogens is 3. The van der Waals surface area contributed by atoms with Gasteiger partial charge in [-0.3, -0.25) is 4.79 Å². The van der Waals surface area contributed by atoms with Crippen LogP contribution in [0.15, 0.2) is 36.4 Å². The highest BCUT2D eigenvalue weighted by Gasteiger charge is 2.42. The molecule has 2 aromatic rings. The molecule has 2 aromatic carbocycles. The monoisotopic (exact) mass is 394 g/mol. The lowest BCUT2D eigenvalue weighted by molar-refractivity contribution is -0.120. The van der Waals surface area contributed by atoms with Gasteiger partial charge in [-0.05, 0) is 55.2 Å². The van der Waals surface area contributed by atoms with E-state index >= 15 is 0 Å². The third-order valence-electron chi connectivity index (χ3n) is 4.65. The van der Waals surface area contributed by atoms with Gasteiger partial charge in [0.25, 0.3) is 0 Å². The minimum absolute atomic E-state index is 0.0850. The summed E-state index contributed by atoms with van der Waals surface area (Å²) in [6, 6.07) is 9.07. The highest BCUT2D eigenvalue weighted by Crippen LogP contribution is 2.41. The molecule has 0 saturated carbocycles. The van der Waals surface area contributed by atoms with Crippen LogP contribution < -0.4 is 10.6 Å². The minimum Gasteiger partial charge on any atom is -0.376 e. The van der Waals surface area contributed by atoms with Crippen LogP contribution in [-0.2, 0) is 16.8 Å². The molecule has 0 bridgehead atoms. The van der Waals surface area contributed by atoms with Crippen molar-refractivity contribution in [2.45, 2.75) is 31.7 Å². The lowest BCUT2D eigenvalue weighted by Gasteiger charge is -2.22. The molecule has 1 aliphatic heterocycles. The van der Waals surface area contributed by atoms with E-state index < -0.39 is 17.0 Å². The van der Waals surface area contributed by atoms with Gasteiger partial charge in [-0.15, -0.1) is 0 Å². The number of anilines is 1. The van der Waals surface area contributed by atoms with Crippen molar-refractivity contribution in [3.8, 4) is 0 Å². The number of carbonyl (C=O) groups excluding carboxylic acids is 1. The summed E-state index contributed by atoms with van der Waals surface area (Å²) in [7, 11) is 0. The number of thiocarbonyl (C=S) groups is 1. The van der Waals surface area contributed by atoms with Crippen LogP contribution in [0.1, 0.15) is 30.9 Å². The number of benzene rings is 2. The topological polar surface area (TPSA) is 41.1 Å². The number of nitrogens with one attached hydrogen (secondary N) is 2. The standard InChI is InChI=1S/C19H17ClF2N2OS/c1-19(13-4-3-12(20)9-16(13)24-18(19)25)7-6-17(26)23-10-11-2-5-14(21)15(22)8-11/h2-5,8-9H,6-7,10H2,1H3,(H,23,26)(H,24,25)/t19-/m1/s1. The number of fused-ring (bicyclic) bond motifs is 1.